The molecule has 0 aliphatic carbocycles. The molecule has 1 aromatic rings. The van der Waals surface area contributed by atoms with Crippen LogP contribution in [-0.4, -0.2) is 29.9 Å². The zero-order valence-electron chi connectivity index (χ0n) is 11.6. The average Bonchev–Trinajstić information content (AvgIpc) is 2.38. The number of rotatable bonds is 3. The maximum absolute atomic E-state index is 13.1. The Morgan fingerprint density at radius 3 is 2.89 bits per heavy atom. The Kier molecular flexibility index (Phi) is 4.20. The van der Waals surface area contributed by atoms with E-state index in [-0.39, 0.29) is 11.7 Å². The van der Waals surface area contributed by atoms with E-state index in [4.69, 9.17) is 0 Å². The van der Waals surface area contributed by atoms with E-state index in [2.05, 4.69) is 5.32 Å². The number of piperidine rings is 1. The SMILES string of the molecule is CN(Cc1cccc(F)c1)C(=O)C1(C)CCCCN1. The Bertz CT molecular complexity index is 455. The summed E-state index contributed by atoms with van der Waals surface area (Å²) in [7, 11) is 1.77. The monoisotopic (exact) mass is 264 g/mol. The molecule has 1 aromatic carbocycles. The lowest BCUT2D eigenvalue weighted by Crippen LogP contribution is -2.57. The smallest absolute Gasteiger partial charge is 0.242 e. The lowest BCUT2D eigenvalue weighted by atomic mass is 9.89. The summed E-state index contributed by atoms with van der Waals surface area (Å²) in [5.41, 5.74) is 0.343. The van der Waals surface area contributed by atoms with Crippen molar-refractivity contribution < 1.29 is 9.18 Å². The Morgan fingerprint density at radius 2 is 2.26 bits per heavy atom. The number of hydrogen-bond donors (Lipinski definition) is 1. The highest BCUT2D eigenvalue weighted by Gasteiger charge is 2.36. The molecule has 0 saturated carbocycles. The van der Waals surface area contributed by atoms with Gasteiger partial charge < -0.3 is 10.2 Å². The first-order valence-electron chi connectivity index (χ1n) is 6.76. The first kappa shape index (κ1) is 14.0. The molecule has 1 N–H and O–H groups in total. The predicted octanol–water partition coefficient (Wildman–Crippen LogP) is 2.32. The van der Waals surface area contributed by atoms with Crippen LogP contribution in [0.5, 0.6) is 0 Å². The third-order valence-corrected chi connectivity index (χ3v) is 3.75. The molecule has 4 heteroatoms. The molecule has 0 radical (unpaired) electrons. The largest absolute Gasteiger partial charge is 0.340 e. The summed E-state index contributed by atoms with van der Waals surface area (Å²) in [5, 5.41) is 3.31. The molecule has 1 aliphatic rings. The van der Waals surface area contributed by atoms with E-state index in [0.29, 0.717) is 6.54 Å². The molecule has 1 aliphatic heterocycles. The molecule has 104 valence electrons. The molecular formula is C15H21FN2O. The van der Waals surface area contributed by atoms with E-state index < -0.39 is 5.54 Å². The van der Waals surface area contributed by atoms with Crippen molar-refractivity contribution in [2.45, 2.75) is 38.3 Å². The van der Waals surface area contributed by atoms with Gasteiger partial charge in [0.2, 0.25) is 5.91 Å². The predicted molar refractivity (Wildman–Crippen MR) is 73.1 cm³/mol. The molecule has 2 rings (SSSR count). The van der Waals surface area contributed by atoms with Gasteiger partial charge in [-0.3, -0.25) is 4.79 Å². The number of carbonyl (C=O) groups is 1. The van der Waals surface area contributed by atoms with Crippen LogP contribution in [0, 0.1) is 5.82 Å². The minimum Gasteiger partial charge on any atom is -0.340 e. The van der Waals surface area contributed by atoms with Gasteiger partial charge in [-0.05, 0) is 50.4 Å². The van der Waals surface area contributed by atoms with Crippen LogP contribution in [0.25, 0.3) is 0 Å². The van der Waals surface area contributed by atoms with Crippen LogP contribution in [0.1, 0.15) is 31.7 Å². The Labute approximate surface area is 113 Å². The van der Waals surface area contributed by atoms with Gasteiger partial charge in [-0.25, -0.2) is 4.39 Å². The highest BCUT2D eigenvalue weighted by Crippen LogP contribution is 2.21. The summed E-state index contributed by atoms with van der Waals surface area (Å²) in [6, 6.07) is 6.39. The summed E-state index contributed by atoms with van der Waals surface area (Å²) in [6.07, 6.45) is 3.05. The topological polar surface area (TPSA) is 32.3 Å². The van der Waals surface area contributed by atoms with Crippen molar-refractivity contribution in [3.63, 3.8) is 0 Å². The van der Waals surface area contributed by atoms with Gasteiger partial charge in [0.05, 0.1) is 5.54 Å². The van der Waals surface area contributed by atoms with Crippen molar-refractivity contribution in [1.29, 1.82) is 0 Å². The van der Waals surface area contributed by atoms with Crippen LogP contribution in [0.2, 0.25) is 0 Å². The second kappa shape index (κ2) is 5.70. The molecule has 1 fully saturated rings. The fourth-order valence-corrected chi connectivity index (χ4v) is 2.64. The van der Waals surface area contributed by atoms with Crippen molar-refractivity contribution in [2.24, 2.45) is 0 Å². The van der Waals surface area contributed by atoms with Crippen molar-refractivity contribution in [3.8, 4) is 0 Å². The first-order valence-corrected chi connectivity index (χ1v) is 6.76. The maximum atomic E-state index is 13.1. The van der Waals surface area contributed by atoms with E-state index in [1.54, 1.807) is 18.0 Å². The molecule has 19 heavy (non-hydrogen) atoms. The summed E-state index contributed by atoms with van der Waals surface area (Å²) < 4.78 is 13.1. The second-order valence-electron chi connectivity index (χ2n) is 5.51. The summed E-state index contributed by atoms with van der Waals surface area (Å²) in [6.45, 7) is 3.28. The van der Waals surface area contributed by atoms with Crippen molar-refractivity contribution in [3.05, 3.63) is 35.6 Å². The van der Waals surface area contributed by atoms with E-state index in [1.165, 1.54) is 12.1 Å². The quantitative estimate of drug-likeness (QED) is 0.908. The fraction of sp³-hybridized carbons (Fsp3) is 0.533. The molecule has 1 unspecified atom stereocenters. The van der Waals surface area contributed by atoms with Gasteiger partial charge in [-0.15, -0.1) is 0 Å². The van der Waals surface area contributed by atoms with E-state index in [9.17, 15) is 9.18 Å². The third-order valence-electron chi connectivity index (χ3n) is 3.75. The van der Waals surface area contributed by atoms with Gasteiger partial charge >= 0.3 is 0 Å². The van der Waals surface area contributed by atoms with Gasteiger partial charge in [0.1, 0.15) is 5.82 Å². The van der Waals surface area contributed by atoms with Gasteiger partial charge in [-0.1, -0.05) is 12.1 Å². The van der Waals surface area contributed by atoms with Gasteiger partial charge in [0.15, 0.2) is 0 Å². The minimum absolute atomic E-state index is 0.0801. The molecular weight excluding hydrogens is 243 g/mol. The van der Waals surface area contributed by atoms with E-state index in [1.807, 2.05) is 13.0 Å². The van der Waals surface area contributed by atoms with Crippen molar-refractivity contribution >= 4 is 5.91 Å². The normalized spacial score (nSPS) is 23.1. The number of likely N-dealkylation sites (N-methyl/N-ethyl adjacent to an activating group) is 1. The Hall–Kier alpha value is -1.42. The highest BCUT2D eigenvalue weighted by molar-refractivity contribution is 5.85. The molecule has 3 nitrogen and oxygen atoms in total. The number of carbonyl (C=O) groups excluding carboxylic acids is 1. The molecule has 1 amide bonds. The van der Waals surface area contributed by atoms with Crippen LogP contribution in [0.4, 0.5) is 4.39 Å². The number of amides is 1. The van der Waals surface area contributed by atoms with Crippen LogP contribution in [0.3, 0.4) is 0 Å². The fourth-order valence-electron chi connectivity index (χ4n) is 2.64. The van der Waals surface area contributed by atoms with Crippen LogP contribution < -0.4 is 5.32 Å². The van der Waals surface area contributed by atoms with Crippen LogP contribution in [-0.2, 0) is 11.3 Å². The third kappa shape index (κ3) is 3.32. The lowest BCUT2D eigenvalue weighted by Gasteiger charge is -2.36. The number of halogens is 1. The number of hydrogen-bond acceptors (Lipinski definition) is 2. The minimum atomic E-state index is -0.472. The molecule has 1 atom stereocenters. The molecule has 1 heterocycles. The summed E-state index contributed by atoms with van der Waals surface area (Å²) in [4.78, 5) is 14.2. The first-order chi connectivity index (χ1) is 9.01. The van der Waals surface area contributed by atoms with Crippen LogP contribution >= 0.6 is 0 Å². The number of nitrogens with one attached hydrogen (secondary N) is 1. The zero-order valence-corrected chi connectivity index (χ0v) is 11.6. The van der Waals surface area contributed by atoms with E-state index in [0.717, 1.165) is 31.4 Å². The second-order valence-corrected chi connectivity index (χ2v) is 5.51. The molecule has 1 saturated heterocycles. The molecule has 0 bridgehead atoms. The molecule has 0 spiro atoms. The average molecular weight is 264 g/mol. The van der Waals surface area contributed by atoms with Gasteiger partial charge in [0, 0.05) is 13.6 Å². The maximum Gasteiger partial charge on any atom is 0.242 e. The number of benzene rings is 1. The standard InChI is InChI=1S/C15H21FN2O/c1-15(8-3-4-9-17-15)14(19)18(2)11-12-6-5-7-13(16)10-12/h5-7,10,17H,3-4,8-9,11H2,1-2H3. The highest BCUT2D eigenvalue weighted by atomic mass is 19.1. The van der Waals surface area contributed by atoms with Gasteiger partial charge in [-0.2, -0.15) is 0 Å². The Morgan fingerprint density at radius 1 is 1.47 bits per heavy atom. The summed E-state index contributed by atoms with van der Waals surface area (Å²) in [5.74, 6) is -0.184. The van der Waals surface area contributed by atoms with Crippen LogP contribution in [0.15, 0.2) is 24.3 Å². The van der Waals surface area contributed by atoms with Crippen molar-refractivity contribution in [2.75, 3.05) is 13.6 Å². The lowest BCUT2D eigenvalue weighted by molar-refractivity contribution is -0.137. The van der Waals surface area contributed by atoms with Gasteiger partial charge in [0.25, 0.3) is 0 Å². The number of nitrogens with zero attached hydrogens (tertiary/aromatic N) is 1. The van der Waals surface area contributed by atoms with Crippen molar-refractivity contribution in [1.82, 2.24) is 10.2 Å². The summed E-state index contributed by atoms with van der Waals surface area (Å²) >= 11 is 0. The Balaban J connectivity index is 2.03. The zero-order chi connectivity index (χ0) is 13.9. The molecule has 0 aromatic heterocycles. The van der Waals surface area contributed by atoms with E-state index >= 15 is 0 Å².